The molecule has 1 aliphatic rings. The molecule has 0 aliphatic carbocycles. The summed E-state index contributed by atoms with van der Waals surface area (Å²) in [6.45, 7) is 3.48. The number of anilines is 2. The standard InChI is InChI=1S/C22H26N6O3S/c1-15-23-21(26-25-15)16-7-6-8-17(13-16)24-22(29)19-14-18(32(30,31)27(2)3)9-10-20(19)28-11-4-5-12-28/h6-10,13-14H,4-5,11-12H2,1-3H3,(H,24,29)(H,23,25,26). The van der Waals surface area contributed by atoms with E-state index in [0.717, 1.165) is 41.5 Å². The van der Waals surface area contributed by atoms with Crippen LogP contribution in [-0.4, -0.2) is 61.0 Å². The Morgan fingerprint density at radius 3 is 2.53 bits per heavy atom. The highest BCUT2D eigenvalue weighted by molar-refractivity contribution is 7.89. The highest BCUT2D eigenvalue weighted by atomic mass is 32.2. The molecule has 1 fully saturated rings. The second kappa shape index (κ2) is 8.71. The number of nitrogens with one attached hydrogen (secondary N) is 2. The van der Waals surface area contributed by atoms with E-state index in [1.165, 1.54) is 20.2 Å². The van der Waals surface area contributed by atoms with E-state index in [0.29, 0.717) is 22.9 Å². The van der Waals surface area contributed by atoms with Gasteiger partial charge in [-0.15, -0.1) is 0 Å². The Hall–Kier alpha value is -3.24. The summed E-state index contributed by atoms with van der Waals surface area (Å²) in [7, 11) is -0.728. The topological polar surface area (TPSA) is 111 Å². The molecule has 168 valence electrons. The molecule has 0 unspecified atom stereocenters. The molecule has 9 nitrogen and oxygen atoms in total. The zero-order valence-corrected chi connectivity index (χ0v) is 19.1. The van der Waals surface area contributed by atoms with Crippen molar-refractivity contribution in [3.63, 3.8) is 0 Å². The summed E-state index contributed by atoms with van der Waals surface area (Å²) in [6, 6.07) is 12.0. The first kappa shape index (κ1) is 22.0. The number of carbonyl (C=O) groups excluding carboxylic acids is 1. The van der Waals surface area contributed by atoms with Gasteiger partial charge in [0.15, 0.2) is 5.82 Å². The van der Waals surface area contributed by atoms with Crippen molar-refractivity contribution in [1.82, 2.24) is 19.5 Å². The van der Waals surface area contributed by atoms with Gasteiger partial charge < -0.3 is 10.2 Å². The normalized spacial score (nSPS) is 14.2. The van der Waals surface area contributed by atoms with E-state index in [-0.39, 0.29) is 10.8 Å². The van der Waals surface area contributed by atoms with Crippen molar-refractivity contribution in [2.45, 2.75) is 24.7 Å². The molecule has 32 heavy (non-hydrogen) atoms. The maximum Gasteiger partial charge on any atom is 0.257 e. The molecule has 0 atom stereocenters. The molecular weight excluding hydrogens is 428 g/mol. The Bertz CT molecular complexity index is 1250. The number of carbonyl (C=O) groups is 1. The van der Waals surface area contributed by atoms with Gasteiger partial charge in [-0.05, 0) is 50.1 Å². The minimum absolute atomic E-state index is 0.0838. The van der Waals surface area contributed by atoms with Crippen LogP contribution in [0.3, 0.4) is 0 Å². The lowest BCUT2D eigenvalue weighted by Gasteiger charge is -2.22. The first-order valence-corrected chi connectivity index (χ1v) is 11.8. The first-order chi connectivity index (χ1) is 15.3. The molecule has 2 aromatic carbocycles. The molecular formula is C22H26N6O3S. The third-order valence-corrected chi connectivity index (χ3v) is 7.22. The average Bonchev–Trinajstić information content (AvgIpc) is 3.45. The monoisotopic (exact) mass is 454 g/mol. The highest BCUT2D eigenvalue weighted by Gasteiger charge is 2.24. The van der Waals surface area contributed by atoms with Crippen molar-refractivity contribution >= 4 is 27.3 Å². The first-order valence-electron chi connectivity index (χ1n) is 10.4. The molecule has 0 spiro atoms. The molecule has 1 amide bonds. The predicted octanol–water partition coefficient (Wildman–Crippen LogP) is 2.88. The lowest BCUT2D eigenvalue weighted by atomic mass is 10.1. The molecule has 4 rings (SSSR count). The van der Waals surface area contributed by atoms with Crippen LogP contribution in [0.4, 0.5) is 11.4 Å². The second-order valence-corrected chi connectivity index (χ2v) is 10.1. The molecule has 3 aromatic rings. The van der Waals surface area contributed by atoms with Gasteiger partial charge in [0.25, 0.3) is 5.91 Å². The van der Waals surface area contributed by atoms with Crippen LogP contribution in [0.25, 0.3) is 11.4 Å². The van der Waals surface area contributed by atoms with Gasteiger partial charge in [-0.25, -0.2) is 17.7 Å². The third kappa shape index (κ3) is 4.37. The van der Waals surface area contributed by atoms with Gasteiger partial charge in [0.05, 0.1) is 10.5 Å². The molecule has 0 radical (unpaired) electrons. The summed E-state index contributed by atoms with van der Waals surface area (Å²) in [5.41, 5.74) is 2.39. The van der Waals surface area contributed by atoms with Crippen LogP contribution >= 0.6 is 0 Å². The van der Waals surface area contributed by atoms with Gasteiger partial charge >= 0.3 is 0 Å². The maximum absolute atomic E-state index is 13.3. The average molecular weight is 455 g/mol. The van der Waals surface area contributed by atoms with Crippen molar-refractivity contribution in [1.29, 1.82) is 0 Å². The van der Waals surface area contributed by atoms with Crippen molar-refractivity contribution in [2.75, 3.05) is 37.4 Å². The van der Waals surface area contributed by atoms with Crippen LogP contribution in [0.1, 0.15) is 29.0 Å². The van der Waals surface area contributed by atoms with Crippen LogP contribution < -0.4 is 10.2 Å². The fraction of sp³-hybridized carbons (Fsp3) is 0.318. The van der Waals surface area contributed by atoms with Gasteiger partial charge in [0, 0.05) is 44.1 Å². The van der Waals surface area contributed by atoms with Crippen LogP contribution in [0.15, 0.2) is 47.4 Å². The van der Waals surface area contributed by atoms with E-state index in [1.807, 2.05) is 19.1 Å². The number of hydrogen-bond donors (Lipinski definition) is 2. The molecule has 2 heterocycles. The van der Waals surface area contributed by atoms with E-state index in [2.05, 4.69) is 25.4 Å². The van der Waals surface area contributed by atoms with Gasteiger partial charge in [-0.1, -0.05) is 12.1 Å². The number of benzene rings is 2. The summed E-state index contributed by atoms with van der Waals surface area (Å²) < 4.78 is 26.5. The van der Waals surface area contributed by atoms with E-state index in [4.69, 9.17) is 0 Å². The number of amides is 1. The maximum atomic E-state index is 13.3. The summed E-state index contributed by atoms with van der Waals surface area (Å²) in [6.07, 6.45) is 2.08. The predicted molar refractivity (Wildman–Crippen MR) is 123 cm³/mol. The van der Waals surface area contributed by atoms with Crippen molar-refractivity contribution in [3.05, 3.63) is 53.9 Å². The zero-order chi connectivity index (χ0) is 22.9. The van der Waals surface area contributed by atoms with Crippen molar-refractivity contribution in [3.8, 4) is 11.4 Å². The number of nitrogens with zero attached hydrogens (tertiary/aromatic N) is 4. The van der Waals surface area contributed by atoms with Gasteiger partial charge in [-0.3, -0.25) is 9.89 Å². The smallest absolute Gasteiger partial charge is 0.257 e. The fourth-order valence-corrected chi connectivity index (χ4v) is 4.64. The SMILES string of the molecule is Cc1nc(-c2cccc(NC(=O)c3cc(S(=O)(=O)N(C)C)ccc3N3CCCC3)c2)n[nH]1. The molecule has 0 saturated carbocycles. The molecule has 2 N–H and O–H groups in total. The highest BCUT2D eigenvalue weighted by Crippen LogP contribution is 2.29. The number of rotatable bonds is 6. The largest absolute Gasteiger partial charge is 0.371 e. The fourth-order valence-electron chi connectivity index (χ4n) is 3.71. The summed E-state index contributed by atoms with van der Waals surface area (Å²) in [5, 5.41) is 9.87. The van der Waals surface area contributed by atoms with Gasteiger partial charge in [0.1, 0.15) is 5.82 Å². The van der Waals surface area contributed by atoms with E-state index in [9.17, 15) is 13.2 Å². The number of aromatic nitrogens is 3. The second-order valence-electron chi connectivity index (χ2n) is 7.94. The Kier molecular flexibility index (Phi) is 5.98. The van der Waals surface area contributed by atoms with Crippen LogP contribution in [0.2, 0.25) is 0 Å². The lowest BCUT2D eigenvalue weighted by Crippen LogP contribution is -2.25. The number of aryl methyl sites for hydroxylation is 1. The van der Waals surface area contributed by atoms with Crippen LogP contribution in [0, 0.1) is 6.92 Å². The lowest BCUT2D eigenvalue weighted by molar-refractivity contribution is 0.102. The number of H-pyrrole nitrogens is 1. The minimum atomic E-state index is -3.67. The Morgan fingerprint density at radius 2 is 1.88 bits per heavy atom. The number of hydrogen-bond acceptors (Lipinski definition) is 6. The number of aromatic amines is 1. The minimum Gasteiger partial charge on any atom is -0.371 e. The van der Waals surface area contributed by atoms with E-state index >= 15 is 0 Å². The summed E-state index contributed by atoms with van der Waals surface area (Å²) in [4.78, 5) is 19.8. The Balaban J connectivity index is 1.69. The summed E-state index contributed by atoms with van der Waals surface area (Å²) in [5.74, 6) is 0.866. The zero-order valence-electron chi connectivity index (χ0n) is 18.3. The molecule has 1 aliphatic heterocycles. The van der Waals surface area contributed by atoms with Gasteiger partial charge in [-0.2, -0.15) is 5.10 Å². The molecule has 0 bridgehead atoms. The quantitative estimate of drug-likeness (QED) is 0.592. The Morgan fingerprint density at radius 1 is 1.12 bits per heavy atom. The molecule has 1 aromatic heterocycles. The van der Waals surface area contributed by atoms with E-state index < -0.39 is 10.0 Å². The summed E-state index contributed by atoms with van der Waals surface area (Å²) >= 11 is 0. The van der Waals surface area contributed by atoms with Crippen molar-refractivity contribution < 1.29 is 13.2 Å². The van der Waals surface area contributed by atoms with Crippen LogP contribution in [0.5, 0.6) is 0 Å². The van der Waals surface area contributed by atoms with Crippen molar-refractivity contribution in [2.24, 2.45) is 0 Å². The van der Waals surface area contributed by atoms with Gasteiger partial charge in [0.2, 0.25) is 10.0 Å². The molecule has 1 saturated heterocycles. The number of sulfonamides is 1. The van der Waals surface area contributed by atoms with Crippen LogP contribution in [-0.2, 0) is 10.0 Å². The Labute approximate surface area is 187 Å². The van der Waals surface area contributed by atoms with E-state index in [1.54, 1.807) is 24.3 Å². The molecule has 10 heteroatoms. The third-order valence-electron chi connectivity index (χ3n) is 5.41.